The van der Waals surface area contributed by atoms with E-state index < -0.39 is 17.7 Å². The number of benzene rings is 2. The number of hydrogen-bond donors (Lipinski definition) is 2. The first-order valence-corrected chi connectivity index (χ1v) is 9.48. The second-order valence-corrected chi connectivity index (χ2v) is 7.22. The number of rotatable bonds is 4. The predicted octanol–water partition coefficient (Wildman–Crippen LogP) is 3.53. The van der Waals surface area contributed by atoms with E-state index in [0.29, 0.717) is 34.2 Å². The summed E-state index contributed by atoms with van der Waals surface area (Å²) in [5.41, 5.74) is 1.77. The fraction of sp³-hybridized carbons (Fsp3) is 0.182. The molecule has 0 fully saturated rings. The van der Waals surface area contributed by atoms with E-state index in [-0.39, 0.29) is 30.4 Å². The molecule has 158 valence electrons. The lowest BCUT2D eigenvalue weighted by molar-refractivity contribution is -0.116. The number of aromatic nitrogens is 1. The van der Waals surface area contributed by atoms with Crippen molar-refractivity contribution in [1.82, 2.24) is 4.57 Å². The van der Waals surface area contributed by atoms with Crippen molar-refractivity contribution in [2.75, 3.05) is 19.2 Å². The lowest BCUT2D eigenvalue weighted by Gasteiger charge is -2.26. The van der Waals surface area contributed by atoms with Crippen molar-refractivity contribution >= 4 is 17.6 Å². The van der Waals surface area contributed by atoms with E-state index in [1.807, 2.05) is 0 Å². The van der Waals surface area contributed by atoms with Gasteiger partial charge in [-0.05, 0) is 35.9 Å². The highest BCUT2D eigenvalue weighted by atomic mass is 19.1. The minimum atomic E-state index is -1.20. The second kappa shape index (κ2) is 7.05. The first kappa shape index (κ1) is 19.0. The lowest BCUT2D eigenvalue weighted by atomic mass is 9.87. The molecule has 0 spiro atoms. The third-order valence-electron chi connectivity index (χ3n) is 5.43. The van der Waals surface area contributed by atoms with Gasteiger partial charge in [0.05, 0.1) is 18.5 Å². The molecule has 2 aliphatic rings. The van der Waals surface area contributed by atoms with E-state index in [1.54, 1.807) is 22.8 Å². The molecule has 3 heterocycles. The van der Waals surface area contributed by atoms with Crippen LogP contribution in [0.4, 0.5) is 10.1 Å². The van der Waals surface area contributed by atoms with Crippen LogP contribution in [0.5, 0.6) is 17.2 Å². The lowest BCUT2D eigenvalue weighted by Crippen LogP contribution is -2.25. The van der Waals surface area contributed by atoms with E-state index in [9.17, 15) is 19.1 Å². The number of carbonyl (C=O) groups excluding carboxylic acids is 1. The van der Waals surface area contributed by atoms with Gasteiger partial charge in [-0.2, -0.15) is 0 Å². The maximum absolute atomic E-state index is 13.9. The summed E-state index contributed by atoms with van der Waals surface area (Å²) in [6.45, 7) is 0.0500. The number of methoxy groups -OCH3 is 1. The van der Waals surface area contributed by atoms with Crippen molar-refractivity contribution in [3.63, 3.8) is 0 Å². The van der Waals surface area contributed by atoms with Crippen molar-refractivity contribution in [3.05, 3.63) is 65.2 Å². The molecule has 0 radical (unpaired) electrons. The van der Waals surface area contributed by atoms with Crippen LogP contribution in [0, 0.1) is 5.82 Å². The molecule has 31 heavy (non-hydrogen) atoms. The molecule has 0 bridgehead atoms. The van der Waals surface area contributed by atoms with Gasteiger partial charge in [0.2, 0.25) is 18.4 Å². The Kier molecular flexibility index (Phi) is 4.32. The summed E-state index contributed by atoms with van der Waals surface area (Å²) < 4.78 is 31.9. The normalized spacial score (nSPS) is 16.6. The van der Waals surface area contributed by atoms with Crippen molar-refractivity contribution in [1.29, 1.82) is 0 Å². The summed E-state index contributed by atoms with van der Waals surface area (Å²) in [7, 11) is 1.50. The van der Waals surface area contributed by atoms with Crippen molar-refractivity contribution in [2.45, 2.75) is 12.3 Å². The van der Waals surface area contributed by atoms with Crippen LogP contribution < -0.4 is 19.5 Å². The summed E-state index contributed by atoms with van der Waals surface area (Å²) in [6, 6.07) is 9.31. The molecule has 0 saturated carbocycles. The number of ether oxygens (including phenoxy) is 3. The predicted molar refractivity (Wildman–Crippen MR) is 107 cm³/mol. The summed E-state index contributed by atoms with van der Waals surface area (Å²) >= 11 is 0. The number of aromatic carboxylic acids is 1. The highest BCUT2D eigenvalue weighted by molar-refractivity contribution is 6.04. The van der Waals surface area contributed by atoms with Crippen LogP contribution >= 0.6 is 0 Å². The maximum atomic E-state index is 13.9. The number of hydrogen-bond acceptors (Lipinski definition) is 5. The number of amides is 1. The molecule has 0 aliphatic carbocycles. The topological polar surface area (TPSA) is 99.0 Å². The van der Waals surface area contributed by atoms with Crippen molar-refractivity contribution in [3.8, 4) is 22.9 Å². The van der Waals surface area contributed by atoms with Crippen LogP contribution in [0.1, 0.15) is 34.0 Å². The highest BCUT2D eigenvalue weighted by Gasteiger charge is 2.36. The van der Waals surface area contributed by atoms with E-state index in [2.05, 4.69) is 5.32 Å². The summed E-state index contributed by atoms with van der Waals surface area (Å²) in [5.74, 6) is -1.12. The van der Waals surface area contributed by atoms with Crippen molar-refractivity contribution in [2.24, 2.45) is 0 Å². The SMILES string of the molecule is COc1cc(C2CC(=O)Nc3c(C(=O)O)cn(-c4cccc(F)c4)c32)cc2c1OCO2. The van der Waals surface area contributed by atoms with Crippen LogP contribution in [-0.4, -0.2) is 35.5 Å². The minimum absolute atomic E-state index is 0.0500. The summed E-state index contributed by atoms with van der Waals surface area (Å²) in [5, 5.41) is 12.4. The first-order valence-electron chi connectivity index (χ1n) is 9.48. The zero-order chi connectivity index (χ0) is 21.7. The van der Waals surface area contributed by atoms with E-state index in [0.717, 1.165) is 0 Å². The largest absolute Gasteiger partial charge is 0.493 e. The van der Waals surface area contributed by atoms with Crippen LogP contribution in [-0.2, 0) is 4.79 Å². The third kappa shape index (κ3) is 3.05. The molecule has 1 aromatic heterocycles. The Bertz CT molecular complexity index is 1230. The van der Waals surface area contributed by atoms with Crippen LogP contribution in [0.2, 0.25) is 0 Å². The Morgan fingerprint density at radius 1 is 1.29 bits per heavy atom. The molecule has 2 N–H and O–H groups in total. The second-order valence-electron chi connectivity index (χ2n) is 7.22. The Labute approximate surface area is 175 Å². The maximum Gasteiger partial charge on any atom is 0.339 e. The monoisotopic (exact) mass is 424 g/mol. The summed E-state index contributed by atoms with van der Waals surface area (Å²) in [6.07, 6.45) is 1.46. The molecular formula is C22H17FN2O6. The van der Waals surface area contributed by atoms with Gasteiger partial charge in [0.25, 0.3) is 0 Å². The molecular weight excluding hydrogens is 407 g/mol. The highest BCUT2D eigenvalue weighted by Crippen LogP contribution is 2.47. The van der Waals surface area contributed by atoms with Gasteiger partial charge in [0.1, 0.15) is 11.4 Å². The molecule has 1 amide bonds. The van der Waals surface area contributed by atoms with E-state index >= 15 is 0 Å². The number of carbonyl (C=O) groups is 2. The van der Waals surface area contributed by atoms with Gasteiger partial charge in [-0.25, -0.2) is 9.18 Å². The van der Waals surface area contributed by atoms with E-state index in [4.69, 9.17) is 14.2 Å². The fourth-order valence-electron chi connectivity index (χ4n) is 4.10. The smallest absolute Gasteiger partial charge is 0.339 e. The van der Waals surface area contributed by atoms with Crippen molar-refractivity contribution < 1.29 is 33.3 Å². The Morgan fingerprint density at radius 2 is 2.13 bits per heavy atom. The molecule has 0 saturated heterocycles. The Balaban J connectivity index is 1.75. The van der Waals surface area contributed by atoms with Gasteiger partial charge in [0, 0.05) is 24.2 Å². The number of carboxylic acid groups (broad SMARTS) is 1. The first-order chi connectivity index (χ1) is 15.0. The quantitative estimate of drug-likeness (QED) is 0.665. The number of halogens is 1. The summed E-state index contributed by atoms with van der Waals surface area (Å²) in [4.78, 5) is 24.4. The molecule has 8 nitrogen and oxygen atoms in total. The number of anilines is 1. The molecule has 1 atom stereocenters. The number of nitrogens with zero attached hydrogens (tertiary/aromatic N) is 1. The Hall–Kier alpha value is -4.01. The minimum Gasteiger partial charge on any atom is -0.493 e. The van der Waals surface area contributed by atoms with Gasteiger partial charge < -0.3 is 29.2 Å². The third-order valence-corrected chi connectivity index (χ3v) is 5.43. The van der Waals surface area contributed by atoms with Gasteiger partial charge in [-0.3, -0.25) is 4.79 Å². The van der Waals surface area contributed by atoms with Gasteiger partial charge in [-0.15, -0.1) is 0 Å². The Morgan fingerprint density at radius 3 is 2.87 bits per heavy atom. The molecule has 5 rings (SSSR count). The van der Waals surface area contributed by atoms with Gasteiger partial charge >= 0.3 is 5.97 Å². The van der Waals surface area contributed by atoms with E-state index in [1.165, 1.54) is 31.5 Å². The molecule has 3 aromatic rings. The van der Waals surface area contributed by atoms with Gasteiger partial charge in [0.15, 0.2) is 11.5 Å². The average molecular weight is 424 g/mol. The average Bonchev–Trinajstić information content (AvgIpc) is 3.37. The fourth-order valence-corrected chi connectivity index (χ4v) is 4.10. The zero-order valence-electron chi connectivity index (χ0n) is 16.3. The number of fused-ring (bicyclic) bond motifs is 2. The number of carboxylic acids is 1. The van der Waals surface area contributed by atoms with Gasteiger partial charge in [-0.1, -0.05) is 6.07 Å². The molecule has 2 aliphatic heterocycles. The molecule has 1 unspecified atom stereocenters. The van der Waals surface area contributed by atoms with Crippen LogP contribution in [0.3, 0.4) is 0 Å². The standard InChI is InChI=1S/C22H17FN2O6/c1-29-16-5-11(6-17-21(16)31-10-30-17)14-8-18(26)24-19-15(22(27)28)9-25(20(14)19)13-4-2-3-12(23)7-13/h2-7,9,14H,8,10H2,1H3,(H,24,26)(H,27,28). The zero-order valence-corrected chi connectivity index (χ0v) is 16.3. The number of nitrogens with one attached hydrogen (secondary N) is 1. The van der Waals surface area contributed by atoms with Crippen LogP contribution in [0.15, 0.2) is 42.6 Å². The van der Waals surface area contributed by atoms with Crippen LogP contribution in [0.25, 0.3) is 5.69 Å². The molecule has 2 aromatic carbocycles. The molecule has 9 heteroatoms.